The lowest BCUT2D eigenvalue weighted by Gasteiger charge is -2.20. The van der Waals surface area contributed by atoms with Gasteiger partial charge in [0.05, 0.1) is 29.0 Å². The first-order valence-corrected chi connectivity index (χ1v) is 13.7. The molecule has 0 radical (unpaired) electrons. The highest BCUT2D eigenvalue weighted by Gasteiger charge is 2.18. The molecule has 40 heavy (non-hydrogen) atoms. The number of anilines is 1. The first-order valence-electron chi connectivity index (χ1n) is 13.7. The van der Waals surface area contributed by atoms with Gasteiger partial charge in [-0.3, -0.25) is 24.8 Å². The second kappa shape index (κ2) is 10.3. The molecule has 6 aromatic heterocycles. The SMILES string of the molecule is O=C(CC1CCCCC1)Nc1cncc(-c2cnc3[nH]nc(-c4cc5c(-c6ccccn6)nccc5[nH]4)c3c2)c1. The summed E-state index contributed by atoms with van der Waals surface area (Å²) in [7, 11) is 0. The third-order valence-corrected chi connectivity index (χ3v) is 7.68. The minimum absolute atomic E-state index is 0.0509. The molecular formula is C31H28N8O. The molecule has 1 saturated carbocycles. The Hall–Kier alpha value is -4.92. The van der Waals surface area contributed by atoms with Gasteiger partial charge in [0.15, 0.2) is 5.65 Å². The van der Waals surface area contributed by atoms with Crippen molar-refractivity contribution in [3.8, 4) is 33.9 Å². The predicted molar refractivity (Wildman–Crippen MR) is 155 cm³/mol. The Morgan fingerprint density at radius 1 is 0.875 bits per heavy atom. The van der Waals surface area contributed by atoms with Crippen LogP contribution < -0.4 is 5.32 Å². The molecule has 6 aromatic rings. The number of H-pyrrole nitrogens is 2. The third-order valence-electron chi connectivity index (χ3n) is 7.68. The summed E-state index contributed by atoms with van der Waals surface area (Å²) in [5.74, 6) is 0.534. The van der Waals surface area contributed by atoms with Crippen molar-refractivity contribution in [3.05, 3.63) is 73.4 Å². The topological polar surface area (TPSA) is 125 Å². The molecule has 198 valence electrons. The maximum absolute atomic E-state index is 12.7. The Morgan fingerprint density at radius 3 is 2.65 bits per heavy atom. The van der Waals surface area contributed by atoms with E-state index >= 15 is 0 Å². The van der Waals surface area contributed by atoms with E-state index in [4.69, 9.17) is 0 Å². The largest absolute Gasteiger partial charge is 0.353 e. The van der Waals surface area contributed by atoms with E-state index in [1.165, 1.54) is 19.3 Å². The highest BCUT2D eigenvalue weighted by molar-refractivity contribution is 5.99. The number of carbonyl (C=O) groups is 1. The van der Waals surface area contributed by atoms with Crippen LogP contribution >= 0.6 is 0 Å². The van der Waals surface area contributed by atoms with E-state index in [2.05, 4.69) is 52.6 Å². The Morgan fingerprint density at radius 2 is 1.77 bits per heavy atom. The van der Waals surface area contributed by atoms with Gasteiger partial charge in [-0.05, 0) is 55.2 Å². The maximum atomic E-state index is 12.7. The number of amides is 1. The fourth-order valence-electron chi connectivity index (χ4n) is 5.69. The van der Waals surface area contributed by atoms with Gasteiger partial charge in [0, 0.05) is 58.6 Å². The van der Waals surface area contributed by atoms with Gasteiger partial charge in [-0.25, -0.2) is 4.98 Å². The Balaban J connectivity index is 1.19. The van der Waals surface area contributed by atoms with Crippen LogP contribution in [0.15, 0.2) is 73.4 Å². The van der Waals surface area contributed by atoms with Crippen molar-refractivity contribution in [2.24, 2.45) is 5.92 Å². The first-order chi connectivity index (χ1) is 19.7. The molecule has 1 fully saturated rings. The fraction of sp³-hybridized carbons (Fsp3) is 0.226. The molecule has 7 rings (SSSR count). The number of aromatic nitrogens is 7. The van der Waals surface area contributed by atoms with Crippen LogP contribution in [0.25, 0.3) is 55.8 Å². The van der Waals surface area contributed by atoms with E-state index < -0.39 is 0 Å². The van der Waals surface area contributed by atoms with Gasteiger partial charge in [-0.2, -0.15) is 5.10 Å². The maximum Gasteiger partial charge on any atom is 0.224 e. The Labute approximate surface area is 230 Å². The molecule has 1 amide bonds. The van der Waals surface area contributed by atoms with Gasteiger partial charge < -0.3 is 10.3 Å². The van der Waals surface area contributed by atoms with E-state index in [0.29, 0.717) is 23.7 Å². The van der Waals surface area contributed by atoms with E-state index in [-0.39, 0.29) is 5.91 Å². The van der Waals surface area contributed by atoms with Crippen molar-refractivity contribution in [2.45, 2.75) is 38.5 Å². The number of nitrogens with one attached hydrogen (secondary N) is 3. The lowest BCUT2D eigenvalue weighted by atomic mass is 9.87. The summed E-state index contributed by atoms with van der Waals surface area (Å²) in [5.41, 5.74) is 7.33. The quantitative estimate of drug-likeness (QED) is 0.226. The summed E-state index contributed by atoms with van der Waals surface area (Å²) in [6.45, 7) is 0. The fourth-order valence-corrected chi connectivity index (χ4v) is 5.69. The molecular weight excluding hydrogens is 500 g/mol. The normalized spacial score (nSPS) is 14.1. The van der Waals surface area contributed by atoms with E-state index in [1.54, 1.807) is 31.0 Å². The zero-order valence-electron chi connectivity index (χ0n) is 21.9. The van der Waals surface area contributed by atoms with Crippen molar-refractivity contribution >= 4 is 33.5 Å². The van der Waals surface area contributed by atoms with E-state index in [0.717, 1.165) is 63.0 Å². The Kier molecular flexibility index (Phi) is 6.24. The zero-order chi connectivity index (χ0) is 26.9. The van der Waals surface area contributed by atoms with Gasteiger partial charge in [0.25, 0.3) is 0 Å². The number of nitrogens with zero attached hydrogens (tertiary/aromatic N) is 5. The average Bonchev–Trinajstić information content (AvgIpc) is 3.62. The first kappa shape index (κ1) is 24.1. The summed E-state index contributed by atoms with van der Waals surface area (Å²) < 4.78 is 0. The molecule has 0 aromatic carbocycles. The molecule has 0 aliphatic heterocycles. The molecule has 0 bridgehead atoms. The molecule has 1 aliphatic rings. The van der Waals surface area contributed by atoms with Crippen LogP contribution in [0.1, 0.15) is 38.5 Å². The van der Waals surface area contributed by atoms with Crippen molar-refractivity contribution in [1.29, 1.82) is 0 Å². The highest BCUT2D eigenvalue weighted by Crippen LogP contribution is 2.34. The molecule has 0 atom stereocenters. The number of carbonyl (C=O) groups excluding carboxylic acids is 1. The molecule has 9 nitrogen and oxygen atoms in total. The molecule has 0 saturated heterocycles. The summed E-state index contributed by atoms with van der Waals surface area (Å²) in [4.78, 5) is 34.3. The van der Waals surface area contributed by atoms with Gasteiger partial charge in [-0.1, -0.05) is 25.3 Å². The number of pyridine rings is 4. The second-order valence-corrected chi connectivity index (χ2v) is 10.4. The van der Waals surface area contributed by atoms with Gasteiger partial charge in [0.2, 0.25) is 5.91 Å². The van der Waals surface area contributed by atoms with Crippen molar-refractivity contribution in [2.75, 3.05) is 5.32 Å². The van der Waals surface area contributed by atoms with Gasteiger partial charge >= 0.3 is 0 Å². The number of fused-ring (bicyclic) bond motifs is 2. The molecule has 1 aliphatic carbocycles. The zero-order valence-corrected chi connectivity index (χ0v) is 21.9. The van der Waals surface area contributed by atoms with Gasteiger partial charge in [-0.15, -0.1) is 0 Å². The molecule has 0 spiro atoms. The Bertz CT molecular complexity index is 1820. The van der Waals surface area contributed by atoms with Crippen molar-refractivity contribution in [1.82, 2.24) is 35.1 Å². The van der Waals surface area contributed by atoms with Crippen LogP contribution in [0, 0.1) is 5.92 Å². The predicted octanol–water partition coefficient (Wildman–Crippen LogP) is 6.53. The molecule has 3 N–H and O–H groups in total. The highest BCUT2D eigenvalue weighted by atomic mass is 16.1. The van der Waals surface area contributed by atoms with Crippen LogP contribution in [-0.4, -0.2) is 41.0 Å². The molecule has 6 heterocycles. The molecule has 9 heteroatoms. The van der Waals surface area contributed by atoms with Crippen LogP contribution in [0.5, 0.6) is 0 Å². The number of hydrogen-bond acceptors (Lipinski definition) is 6. The third kappa shape index (κ3) is 4.70. The smallest absolute Gasteiger partial charge is 0.224 e. The molecule has 0 unspecified atom stereocenters. The van der Waals surface area contributed by atoms with Crippen LogP contribution in [-0.2, 0) is 4.79 Å². The lowest BCUT2D eigenvalue weighted by Crippen LogP contribution is -2.18. The van der Waals surface area contributed by atoms with E-state index in [9.17, 15) is 4.79 Å². The van der Waals surface area contributed by atoms with Crippen LogP contribution in [0.3, 0.4) is 0 Å². The monoisotopic (exact) mass is 528 g/mol. The van der Waals surface area contributed by atoms with E-state index in [1.807, 2.05) is 30.3 Å². The summed E-state index contributed by atoms with van der Waals surface area (Å²) >= 11 is 0. The number of hydrogen-bond donors (Lipinski definition) is 3. The summed E-state index contributed by atoms with van der Waals surface area (Å²) in [6, 6.07) is 13.8. The minimum Gasteiger partial charge on any atom is -0.353 e. The average molecular weight is 529 g/mol. The number of rotatable bonds is 6. The van der Waals surface area contributed by atoms with Crippen LogP contribution in [0.4, 0.5) is 5.69 Å². The van der Waals surface area contributed by atoms with Crippen LogP contribution in [0.2, 0.25) is 0 Å². The minimum atomic E-state index is 0.0509. The number of aromatic amines is 2. The summed E-state index contributed by atoms with van der Waals surface area (Å²) in [6.07, 6.45) is 15.4. The summed E-state index contributed by atoms with van der Waals surface area (Å²) in [5, 5.41) is 12.5. The second-order valence-electron chi connectivity index (χ2n) is 10.4. The lowest BCUT2D eigenvalue weighted by molar-refractivity contribution is -0.117. The van der Waals surface area contributed by atoms with Gasteiger partial charge in [0.1, 0.15) is 5.69 Å². The standard InChI is InChI=1S/C31H28N8O/c40-28(12-19-6-2-1-3-7-19)36-22-13-20(16-32-18-22)21-14-24-30(38-39-31(24)35-17-21)27-15-23-25(37-27)9-11-34-29(23)26-8-4-5-10-33-26/h4-5,8-11,13-19,37H,1-3,6-7,12H2,(H,36,40)(H,35,38,39). The van der Waals surface area contributed by atoms with Crippen molar-refractivity contribution < 1.29 is 4.79 Å². The van der Waals surface area contributed by atoms with Crippen molar-refractivity contribution in [3.63, 3.8) is 0 Å².